The molecular weight excluding hydrogens is 234 g/mol. The molecule has 1 radical (unpaired) electrons. The first-order valence-corrected chi connectivity index (χ1v) is 5.96. The molecule has 0 unspecified atom stereocenters. The third-order valence-corrected chi connectivity index (χ3v) is 2.63. The topological polar surface area (TPSA) is 92.2 Å². The standard InChI is InChI=1S/C4H6N3O3S3/c8-13(9,10)2-5-1-3-6-7-4(11)12-3/h5H,1-2H2,(H,8,9,10). The highest BCUT2D eigenvalue weighted by Gasteiger charge is 2.05. The lowest BCUT2D eigenvalue weighted by Gasteiger charge is -1.97. The minimum Gasteiger partial charge on any atom is -0.295 e. The van der Waals surface area contributed by atoms with Crippen LogP contribution in [-0.4, -0.2) is 29.0 Å². The number of rotatable bonds is 4. The van der Waals surface area contributed by atoms with Gasteiger partial charge in [0.05, 0.1) is 6.54 Å². The second kappa shape index (κ2) is 4.24. The van der Waals surface area contributed by atoms with E-state index in [1.165, 1.54) is 11.3 Å². The summed E-state index contributed by atoms with van der Waals surface area (Å²) in [6, 6.07) is 0. The van der Waals surface area contributed by atoms with Crippen molar-refractivity contribution in [2.75, 3.05) is 5.88 Å². The summed E-state index contributed by atoms with van der Waals surface area (Å²) in [5, 5.41) is 10.3. The summed E-state index contributed by atoms with van der Waals surface area (Å²) in [5.74, 6) is -0.501. The molecule has 0 spiro atoms. The van der Waals surface area contributed by atoms with Crippen molar-refractivity contribution >= 4 is 34.1 Å². The molecule has 0 atom stereocenters. The summed E-state index contributed by atoms with van der Waals surface area (Å²) in [7, 11) is -3.97. The fourth-order valence-electron chi connectivity index (χ4n) is 0.597. The molecule has 0 aromatic carbocycles. The van der Waals surface area contributed by atoms with Crippen LogP contribution in [0.3, 0.4) is 0 Å². The Kier molecular flexibility index (Phi) is 3.50. The van der Waals surface area contributed by atoms with Gasteiger partial charge in [0, 0.05) is 0 Å². The lowest BCUT2D eigenvalue weighted by atomic mass is 10.7. The van der Waals surface area contributed by atoms with Gasteiger partial charge >= 0.3 is 0 Å². The average Bonchev–Trinajstić information content (AvgIpc) is 2.33. The fourth-order valence-corrected chi connectivity index (χ4v) is 1.83. The Labute approximate surface area is 84.5 Å². The van der Waals surface area contributed by atoms with Gasteiger partial charge in [0.1, 0.15) is 10.9 Å². The van der Waals surface area contributed by atoms with Crippen molar-refractivity contribution in [1.82, 2.24) is 15.5 Å². The first-order valence-electron chi connectivity index (χ1n) is 3.12. The molecule has 0 aliphatic carbocycles. The largest absolute Gasteiger partial charge is 0.295 e. The molecule has 0 saturated carbocycles. The van der Waals surface area contributed by atoms with Crippen molar-refractivity contribution in [3.05, 3.63) is 5.01 Å². The number of aromatic nitrogens is 2. The summed E-state index contributed by atoms with van der Waals surface area (Å²) in [6.45, 7) is 0.230. The van der Waals surface area contributed by atoms with Gasteiger partial charge in [-0.05, 0) is 12.6 Å². The molecule has 1 rings (SSSR count). The molecule has 73 valence electrons. The lowest BCUT2D eigenvalue weighted by molar-refractivity contribution is 0.476. The summed E-state index contributed by atoms with van der Waals surface area (Å²) in [4.78, 5) is 0. The minimum atomic E-state index is -3.97. The summed E-state index contributed by atoms with van der Waals surface area (Å²) in [5.41, 5.74) is 0. The van der Waals surface area contributed by atoms with Gasteiger partial charge in [0.15, 0.2) is 0 Å². The van der Waals surface area contributed by atoms with Crippen molar-refractivity contribution in [1.29, 1.82) is 0 Å². The van der Waals surface area contributed by atoms with Crippen molar-refractivity contribution in [3.8, 4) is 0 Å². The molecule has 0 bridgehead atoms. The van der Waals surface area contributed by atoms with Crippen LogP contribution in [0.1, 0.15) is 5.01 Å². The Hall–Kier alpha value is -0.350. The molecule has 0 aliphatic rings. The van der Waals surface area contributed by atoms with E-state index < -0.39 is 16.0 Å². The van der Waals surface area contributed by atoms with E-state index in [1.807, 2.05) is 0 Å². The molecule has 1 aromatic heterocycles. The zero-order chi connectivity index (χ0) is 9.90. The van der Waals surface area contributed by atoms with Crippen LogP contribution in [0.25, 0.3) is 0 Å². The first kappa shape index (κ1) is 10.7. The molecule has 1 heterocycles. The average molecular weight is 240 g/mol. The van der Waals surface area contributed by atoms with Crippen LogP contribution in [0.5, 0.6) is 0 Å². The van der Waals surface area contributed by atoms with Gasteiger partial charge in [-0.15, -0.1) is 10.2 Å². The van der Waals surface area contributed by atoms with Crippen LogP contribution in [0, 0.1) is 0 Å². The molecule has 0 saturated heterocycles. The highest BCUT2D eigenvalue weighted by molar-refractivity contribution is 7.85. The van der Waals surface area contributed by atoms with Gasteiger partial charge in [0.2, 0.25) is 4.34 Å². The SMILES string of the molecule is O=S(=O)(O)CNCc1nnc([S])s1. The second-order valence-corrected chi connectivity index (χ2v) is 5.27. The van der Waals surface area contributed by atoms with E-state index >= 15 is 0 Å². The highest BCUT2D eigenvalue weighted by Crippen LogP contribution is 2.12. The van der Waals surface area contributed by atoms with E-state index in [0.717, 1.165) is 0 Å². The van der Waals surface area contributed by atoms with Crippen molar-refractivity contribution < 1.29 is 13.0 Å². The van der Waals surface area contributed by atoms with Gasteiger partial charge in [-0.1, -0.05) is 11.3 Å². The van der Waals surface area contributed by atoms with Crippen molar-refractivity contribution in [3.63, 3.8) is 0 Å². The first-order chi connectivity index (χ1) is 5.97. The van der Waals surface area contributed by atoms with Crippen molar-refractivity contribution in [2.45, 2.75) is 10.9 Å². The van der Waals surface area contributed by atoms with Crippen molar-refractivity contribution in [2.24, 2.45) is 0 Å². The minimum absolute atomic E-state index is 0.230. The van der Waals surface area contributed by atoms with Gasteiger partial charge < -0.3 is 0 Å². The summed E-state index contributed by atoms with van der Waals surface area (Å²) >= 11 is 5.90. The number of hydrogen-bond acceptors (Lipinski definition) is 6. The molecule has 0 aliphatic heterocycles. The van der Waals surface area contributed by atoms with Gasteiger partial charge in [-0.2, -0.15) is 8.42 Å². The molecule has 9 heteroatoms. The van der Waals surface area contributed by atoms with Crippen LogP contribution in [0.4, 0.5) is 0 Å². The molecule has 0 amide bonds. The molecule has 0 fully saturated rings. The van der Waals surface area contributed by atoms with E-state index in [-0.39, 0.29) is 6.54 Å². The van der Waals surface area contributed by atoms with E-state index in [2.05, 4.69) is 15.5 Å². The zero-order valence-corrected chi connectivity index (χ0v) is 8.75. The predicted molar refractivity (Wildman–Crippen MR) is 49.0 cm³/mol. The van der Waals surface area contributed by atoms with E-state index in [4.69, 9.17) is 17.2 Å². The number of nitrogens with zero attached hydrogens (tertiary/aromatic N) is 2. The Morgan fingerprint density at radius 1 is 1.54 bits per heavy atom. The van der Waals surface area contributed by atoms with E-state index in [1.54, 1.807) is 0 Å². The Balaban J connectivity index is 2.36. The second-order valence-electron chi connectivity index (χ2n) is 2.11. The van der Waals surface area contributed by atoms with Gasteiger partial charge in [0.25, 0.3) is 10.1 Å². The fraction of sp³-hybridized carbons (Fsp3) is 0.500. The number of nitrogens with one attached hydrogen (secondary N) is 1. The summed E-state index contributed by atoms with van der Waals surface area (Å²) in [6.07, 6.45) is 0. The molecule has 2 N–H and O–H groups in total. The molecule has 1 aromatic rings. The third-order valence-electron chi connectivity index (χ3n) is 1.01. The van der Waals surface area contributed by atoms with Gasteiger partial charge in [-0.3, -0.25) is 9.87 Å². The quantitative estimate of drug-likeness (QED) is 0.721. The zero-order valence-electron chi connectivity index (χ0n) is 6.30. The maximum Gasteiger partial charge on any atom is 0.278 e. The number of hydrogen-bond donors (Lipinski definition) is 2. The van der Waals surface area contributed by atoms with E-state index in [9.17, 15) is 8.42 Å². The monoisotopic (exact) mass is 240 g/mol. The Morgan fingerprint density at radius 3 is 2.69 bits per heavy atom. The lowest BCUT2D eigenvalue weighted by Crippen LogP contribution is -2.21. The molecular formula is C4H6N3O3S3. The van der Waals surface area contributed by atoms with Crippen LogP contribution < -0.4 is 5.32 Å². The smallest absolute Gasteiger partial charge is 0.278 e. The molecule has 6 nitrogen and oxygen atoms in total. The predicted octanol–water partition coefficient (Wildman–Crippen LogP) is 0.0294. The Bertz CT molecular complexity index is 373. The Morgan fingerprint density at radius 2 is 2.23 bits per heavy atom. The molecule has 13 heavy (non-hydrogen) atoms. The van der Waals surface area contributed by atoms with Crippen LogP contribution >= 0.6 is 24.0 Å². The maximum atomic E-state index is 10.3. The summed E-state index contributed by atoms with van der Waals surface area (Å²) < 4.78 is 29.3. The normalized spacial score (nSPS) is 11.8. The maximum absolute atomic E-state index is 10.3. The third kappa shape index (κ3) is 4.43. The van der Waals surface area contributed by atoms with Gasteiger partial charge in [-0.25, -0.2) is 0 Å². The van der Waals surface area contributed by atoms with Crippen LogP contribution in [-0.2, 0) is 16.7 Å². The highest BCUT2D eigenvalue weighted by atomic mass is 32.2. The van der Waals surface area contributed by atoms with E-state index in [0.29, 0.717) is 9.35 Å². The van der Waals surface area contributed by atoms with Crippen LogP contribution in [0.15, 0.2) is 4.34 Å². The van der Waals surface area contributed by atoms with Crippen LogP contribution in [0.2, 0.25) is 0 Å².